The average Bonchev–Trinajstić information content (AvgIpc) is 3.09. The van der Waals surface area contributed by atoms with Gasteiger partial charge in [-0.15, -0.1) is 0 Å². The Kier molecular flexibility index (Phi) is 4.77. The Bertz CT molecular complexity index is 932. The fourth-order valence-corrected chi connectivity index (χ4v) is 2.79. The lowest BCUT2D eigenvalue weighted by atomic mass is 10.0. The van der Waals surface area contributed by atoms with Crippen LogP contribution >= 0.6 is 11.6 Å². The van der Waals surface area contributed by atoms with Crippen molar-refractivity contribution in [3.63, 3.8) is 0 Å². The van der Waals surface area contributed by atoms with Gasteiger partial charge in [-0.3, -0.25) is 9.48 Å². The highest BCUT2D eigenvalue weighted by Crippen LogP contribution is 2.28. The molecule has 0 unspecified atom stereocenters. The molecule has 5 nitrogen and oxygen atoms in total. The number of hydrogen-bond acceptors (Lipinski definition) is 3. The van der Waals surface area contributed by atoms with Crippen LogP contribution in [0.5, 0.6) is 0 Å². The van der Waals surface area contributed by atoms with Gasteiger partial charge in [0.15, 0.2) is 0 Å². The van der Waals surface area contributed by atoms with Crippen molar-refractivity contribution in [2.24, 2.45) is 0 Å². The standard InChI is InChI=1S/C19H21ClN4O/c1-5-23(4)19(25)16-9-17(13-10-21-24(11-13)12(2)3)22-18-8-14(20)6-7-15(16)18/h6-12H,5H2,1-4H3. The summed E-state index contributed by atoms with van der Waals surface area (Å²) in [4.78, 5) is 19.2. The molecule has 1 amide bonds. The first-order chi connectivity index (χ1) is 11.9. The zero-order valence-corrected chi connectivity index (χ0v) is 15.6. The maximum absolute atomic E-state index is 12.8. The summed E-state index contributed by atoms with van der Waals surface area (Å²) in [5.74, 6) is -0.0327. The first-order valence-electron chi connectivity index (χ1n) is 8.31. The summed E-state index contributed by atoms with van der Waals surface area (Å²) in [5, 5.41) is 5.77. The van der Waals surface area contributed by atoms with Gasteiger partial charge >= 0.3 is 0 Å². The summed E-state index contributed by atoms with van der Waals surface area (Å²) in [6, 6.07) is 7.52. The number of benzene rings is 1. The molecule has 130 valence electrons. The molecule has 0 N–H and O–H groups in total. The van der Waals surface area contributed by atoms with E-state index in [-0.39, 0.29) is 11.9 Å². The molecule has 25 heavy (non-hydrogen) atoms. The van der Waals surface area contributed by atoms with E-state index in [2.05, 4.69) is 18.9 Å². The first-order valence-corrected chi connectivity index (χ1v) is 8.68. The average molecular weight is 357 g/mol. The predicted molar refractivity (Wildman–Crippen MR) is 101 cm³/mol. The van der Waals surface area contributed by atoms with Crippen molar-refractivity contribution in [3.8, 4) is 11.3 Å². The van der Waals surface area contributed by atoms with Gasteiger partial charge in [0.1, 0.15) is 0 Å². The van der Waals surface area contributed by atoms with Crippen molar-refractivity contribution in [2.75, 3.05) is 13.6 Å². The number of fused-ring (bicyclic) bond motifs is 1. The van der Waals surface area contributed by atoms with E-state index in [0.29, 0.717) is 22.6 Å². The second kappa shape index (κ2) is 6.84. The quantitative estimate of drug-likeness (QED) is 0.695. The lowest BCUT2D eigenvalue weighted by molar-refractivity contribution is 0.0804. The molecule has 2 aromatic heterocycles. The van der Waals surface area contributed by atoms with Crippen LogP contribution in [0.4, 0.5) is 0 Å². The van der Waals surface area contributed by atoms with Crippen LogP contribution in [0.3, 0.4) is 0 Å². The molecule has 2 heterocycles. The number of nitrogens with zero attached hydrogens (tertiary/aromatic N) is 4. The van der Waals surface area contributed by atoms with Crippen LogP contribution < -0.4 is 0 Å². The number of carbonyl (C=O) groups is 1. The predicted octanol–water partition coefficient (Wildman–Crippen LogP) is 4.42. The fraction of sp³-hybridized carbons (Fsp3) is 0.316. The van der Waals surface area contributed by atoms with E-state index in [9.17, 15) is 4.79 Å². The van der Waals surface area contributed by atoms with Gasteiger partial charge in [-0.05, 0) is 39.0 Å². The molecule has 0 saturated carbocycles. The zero-order valence-electron chi connectivity index (χ0n) is 14.8. The van der Waals surface area contributed by atoms with E-state index in [1.54, 1.807) is 30.3 Å². The van der Waals surface area contributed by atoms with Crippen molar-refractivity contribution in [2.45, 2.75) is 26.8 Å². The van der Waals surface area contributed by atoms with Crippen molar-refractivity contribution < 1.29 is 4.79 Å². The molecule has 3 aromatic rings. The van der Waals surface area contributed by atoms with Gasteiger partial charge < -0.3 is 4.90 Å². The van der Waals surface area contributed by atoms with E-state index in [0.717, 1.165) is 16.6 Å². The molecule has 0 bridgehead atoms. The minimum absolute atomic E-state index is 0.0327. The highest BCUT2D eigenvalue weighted by molar-refractivity contribution is 6.31. The lowest BCUT2D eigenvalue weighted by Gasteiger charge is -2.16. The van der Waals surface area contributed by atoms with Gasteiger partial charge in [0, 0.05) is 41.8 Å². The van der Waals surface area contributed by atoms with E-state index in [4.69, 9.17) is 16.6 Å². The van der Waals surface area contributed by atoms with E-state index < -0.39 is 0 Å². The Morgan fingerprint density at radius 1 is 1.32 bits per heavy atom. The van der Waals surface area contributed by atoms with Gasteiger partial charge in [-0.1, -0.05) is 17.7 Å². The summed E-state index contributed by atoms with van der Waals surface area (Å²) in [6.07, 6.45) is 3.72. The lowest BCUT2D eigenvalue weighted by Crippen LogP contribution is -2.26. The van der Waals surface area contributed by atoms with Gasteiger partial charge in [0.05, 0.1) is 23.0 Å². The number of carbonyl (C=O) groups excluding carboxylic acids is 1. The molecule has 0 aliphatic rings. The number of pyridine rings is 1. The van der Waals surface area contributed by atoms with Crippen LogP contribution in [-0.2, 0) is 0 Å². The van der Waals surface area contributed by atoms with Crippen molar-refractivity contribution in [3.05, 3.63) is 47.2 Å². The summed E-state index contributed by atoms with van der Waals surface area (Å²) in [7, 11) is 1.79. The molecule has 0 aliphatic heterocycles. The summed E-state index contributed by atoms with van der Waals surface area (Å²) >= 11 is 6.13. The summed E-state index contributed by atoms with van der Waals surface area (Å²) in [5.41, 5.74) is 2.92. The van der Waals surface area contributed by atoms with Crippen LogP contribution in [0.15, 0.2) is 36.7 Å². The van der Waals surface area contributed by atoms with Crippen LogP contribution in [-0.4, -0.2) is 39.2 Å². The van der Waals surface area contributed by atoms with Crippen LogP contribution in [0.1, 0.15) is 37.2 Å². The molecule has 0 aliphatic carbocycles. The van der Waals surface area contributed by atoms with Gasteiger partial charge in [0.2, 0.25) is 0 Å². The topological polar surface area (TPSA) is 51.0 Å². The molecule has 6 heteroatoms. The fourth-order valence-electron chi connectivity index (χ4n) is 2.63. The van der Waals surface area contributed by atoms with E-state index in [1.807, 2.05) is 29.9 Å². The van der Waals surface area contributed by atoms with Gasteiger partial charge in [0.25, 0.3) is 5.91 Å². The minimum Gasteiger partial charge on any atom is -0.342 e. The molecule has 0 atom stereocenters. The number of amides is 1. The molecule has 0 radical (unpaired) electrons. The van der Waals surface area contributed by atoms with Gasteiger partial charge in [-0.2, -0.15) is 5.10 Å². The Labute approximate surface area is 152 Å². The Hall–Kier alpha value is -2.40. The van der Waals surface area contributed by atoms with Crippen LogP contribution in [0.25, 0.3) is 22.2 Å². The first kappa shape index (κ1) is 17.4. The monoisotopic (exact) mass is 356 g/mol. The van der Waals surface area contributed by atoms with E-state index in [1.165, 1.54) is 0 Å². The van der Waals surface area contributed by atoms with Crippen molar-refractivity contribution in [1.29, 1.82) is 0 Å². The largest absolute Gasteiger partial charge is 0.342 e. The number of aromatic nitrogens is 3. The number of halogens is 1. The highest BCUT2D eigenvalue weighted by atomic mass is 35.5. The molecule has 1 aromatic carbocycles. The van der Waals surface area contributed by atoms with E-state index >= 15 is 0 Å². The minimum atomic E-state index is -0.0327. The van der Waals surface area contributed by atoms with Crippen molar-refractivity contribution in [1.82, 2.24) is 19.7 Å². The second-order valence-corrected chi connectivity index (χ2v) is 6.78. The third-order valence-electron chi connectivity index (χ3n) is 4.25. The SMILES string of the molecule is CCN(C)C(=O)c1cc(-c2cnn(C(C)C)c2)nc2cc(Cl)ccc12. The third kappa shape index (κ3) is 3.37. The molecular formula is C19H21ClN4O. The third-order valence-corrected chi connectivity index (χ3v) is 4.48. The smallest absolute Gasteiger partial charge is 0.254 e. The second-order valence-electron chi connectivity index (χ2n) is 6.34. The Balaban J connectivity index is 2.21. The number of rotatable bonds is 4. The van der Waals surface area contributed by atoms with Crippen LogP contribution in [0, 0.1) is 0 Å². The summed E-state index contributed by atoms with van der Waals surface area (Å²) in [6.45, 7) is 6.72. The number of hydrogen-bond donors (Lipinski definition) is 0. The highest BCUT2D eigenvalue weighted by Gasteiger charge is 2.17. The van der Waals surface area contributed by atoms with Gasteiger partial charge in [-0.25, -0.2) is 4.98 Å². The molecular weight excluding hydrogens is 336 g/mol. The molecule has 0 spiro atoms. The Morgan fingerprint density at radius 3 is 2.72 bits per heavy atom. The summed E-state index contributed by atoms with van der Waals surface area (Å²) < 4.78 is 1.87. The maximum Gasteiger partial charge on any atom is 0.254 e. The maximum atomic E-state index is 12.8. The molecule has 0 saturated heterocycles. The Morgan fingerprint density at radius 2 is 2.08 bits per heavy atom. The normalized spacial score (nSPS) is 11.3. The zero-order chi connectivity index (χ0) is 18.1. The van der Waals surface area contributed by atoms with Crippen LogP contribution in [0.2, 0.25) is 5.02 Å². The molecule has 0 fully saturated rings. The molecule has 3 rings (SSSR count). The van der Waals surface area contributed by atoms with Crippen molar-refractivity contribution >= 4 is 28.4 Å².